The number of fused-ring (bicyclic) bond motifs is 1. The van der Waals surface area contributed by atoms with Gasteiger partial charge in [0.25, 0.3) is 15.9 Å². The van der Waals surface area contributed by atoms with Gasteiger partial charge in [-0.1, -0.05) is 30.3 Å². The zero-order chi connectivity index (χ0) is 14.2. The number of anilines is 2. The normalized spacial score (nSPS) is 14.6. The van der Waals surface area contributed by atoms with Gasteiger partial charge >= 0.3 is 0 Å². The Morgan fingerprint density at radius 1 is 0.950 bits per heavy atom. The summed E-state index contributed by atoms with van der Waals surface area (Å²) < 4.78 is 26.1. The third-order valence-electron chi connectivity index (χ3n) is 3.06. The highest BCUT2D eigenvalue weighted by Crippen LogP contribution is 2.33. The number of para-hydroxylation sites is 2. The van der Waals surface area contributed by atoms with Gasteiger partial charge in [-0.25, -0.2) is 8.42 Å². The van der Waals surface area contributed by atoms with E-state index in [4.69, 9.17) is 0 Å². The summed E-state index contributed by atoms with van der Waals surface area (Å²) in [6.07, 6.45) is 0. The molecule has 0 radical (unpaired) electrons. The SMILES string of the molecule is O=C1CNc2ccccc2N1S(=O)(=O)c1ccccc1. The van der Waals surface area contributed by atoms with Crippen LogP contribution in [0.5, 0.6) is 0 Å². The van der Waals surface area contributed by atoms with Gasteiger partial charge in [0.15, 0.2) is 0 Å². The van der Waals surface area contributed by atoms with Crippen molar-refractivity contribution < 1.29 is 13.2 Å². The number of amides is 1. The van der Waals surface area contributed by atoms with E-state index in [-0.39, 0.29) is 11.4 Å². The molecular formula is C14H12N2O3S. The summed E-state index contributed by atoms with van der Waals surface area (Å²) >= 11 is 0. The fourth-order valence-corrected chi connectivity index (χ4v) is 3.60. The molecular weight excluding hydrogens is 276 g/mol. The Morgan fingerprint density at radius 3 is 2.35 bits per heavy atom. The number of nitrogens with zero attached hydrogens (tertiary/aromatic N) is 1. The van der Waals surface area contributed by atoms with Gasteiger partial charge in [0, 0.05) is 0 Å². The fraction of sp³-hybridized carbons (Fsp3) is 0.0714. The van der Waals surface area contributed by atoms with Crippen molar-refractivity contribution in [3.8, 4) is 0 Å². The first-order chi connectivity index (χ1) is 9.60. The minimum absolute atomic E-state index is 0.0386. The highest BCUT2D eigenvalue weighted by molar-refractivity contribution is 7.93. The van der Waals surface area contributed by atoms with Crippen LogP contribution >= 0.6 is 0 Å². The van der Waals surface area contributed by atoms with Crippen LogP contribution in [0.25, 0.3) is 0 Å². The minimum Gasteiger partial charge on any atom is -0.374 e. The molecule has 2 aromatic rings. The Hall–Kier alpha value is -2.34. The summed E-state index contributed by atoms with van der Waals surface area (Å²) in [6, 6.07) is 14.8. The predicted octanol–water partition coefficient (Wildman–Crippen LogP) is 1.83. The molecule has 1 aliphatic rings. The minimum atomic E-state index is -3.88. The summed E-state index contributed by atoms with van der Waals surface area (Å²) in [5, 5.41) is 2.91. The van der Waals surface area contributed by atoms with Gasteiger partial charge in [0.1, 0.15) is 0 Å². The quantitative estimate of drug-likeness (QED) is 0.915. The molecule has 0 aromatic heterocycles. The van der Waals surface area contributed by atoms with Crippen LogP contribution in [0.2, 0.25) is 0 Å². The smallest absolute Gasteiger partial charge is 0.271 e. The molecule has 1 N–H and O–H groups in total. The van der Waals surface area contributed by atoms with Crippen LogP contribution in [0.1, 0.15) is 0 Å². The second kappa shape index (κ2) is 4.64. The Balaban J connectivity index is 2.17. The first kappa shape index (κ1) is 12.7. The first-order valence-corrected chi connectivity index (χ1v) is 7.51. The zero-order valence-corrected chi connectivity index (χ0v) is 11.3. The maximum atomic E-state index is 12.6. The highest BCUT2D eigenvalue weighted by atomic mass is 32.2. The highest BCUT2D eigenvalue weighted by Gasteiger charge is 2.34. The molecule has 1 amide bonds. The van der Waals surface area contributed by atoms with Gasteiger partial charge in [0.05, 0.1) is 22.8 Å². The summed E-state index contributed by atoms with van der Waals surface area (Å²) in [7, 11) is -3.88. The van der Waals surface area contributed by atoms with Gasteiger partial charge in [-0.15, -0.1) is 0 Å². The molecule has 0 aliphatic carbocycles. The summed E-state index contributed by atoms with van der Waals surface area (Å²) in [4.78, 5) is 12.2. The molecule has 0 bridgehead atoms. The molecule has 0 spiro atoms. The lowest BCUT2D eigenvalue weighted by Crippen LogP contribution is -2.43. The van der Waals surface area contributed by atoms with Crippen LogP contribution in [0.3, 0.4) is 0 Å². The molecule has 0 atom stereocenters. The Morgan fingerprint density at radius 2 is 1.60 bits per heavy atom. The standard InChI is InChI=1S/C14H12N2O3S/c17-14-10-15-12-8-4-5-9-13(12)16(14)20(18,19)11-6-2-1-3-7-11/h1-9,15H,10H2. The van der Waals surface area contributed by atoms with Crippen molar-refractivity contribution in [2.45, 2.75) is 4.90 Å². The predicted molar refractivity (Wildman–Crippen MR) is 76.0 cm³/mol. The average molecular weight is 288 g/mol. The second-order valence-electron chi connectivity index (χ2n) is 4.35. The molecule has 3 rings (SSSR count). The van der Waals surface area contributed by atoms with E-state index in [0.717, 1.165) is 4.31 Å². The molecule has 1 heterocycles. The molecule has 5 nitrogen and oxygen atoms in total. The van der Waals surface area contributed by atoms with E-state index in [1.165, 1.54) is 12.1 Å². The number of carbonyl (C=O) groups excluding carboxylic acids is 1. The molecule has 20 heavy (non-hydrogen) atoms. The van der Waals surface area contributed by atoms with Crippen molar-refractivity contribution in [3.05, 3.63) is 54.6 Å². The summed E-state index contributed by atoms with van der Waals surface area (Å²) in [5.41, 5.74) is 0.985. The average Bonchev–Trinajstić information content (AvgIpc) is 2.47. The summed E-state index contributed by atoms with van der Waals surface area (Å²) in [5.74, 6) is -0.493. The van der Waals surface area contributed by atoms with E-state index in [1.807, 2.05) is 0 Å². The van der Waals surface area contributed by atoms with Crippen LogP contribution < -0.4 is 9.62 Å². The third-order valence-corrected chi connectivity index (χ3v) is 4.81. The maximum absolute atomic E-state index is 12.6. The van der Waals surface area contributed by atoms with Crippen molar-refractivity contribution in [1.29, 1.82) is 0 Å². The van der Waals surface area contributed by atoms with Gasteiger partial charge in [0.2, 0.25) is 0 Å². The monoisotopic (exact) mass is 288 g/mol. The lowest BCUT2D eigenvalue weighted by atomic mass is 10.2. The van der Waals surface area contributed by atoms with Gasteiger partial charge in [-0.05, 0) is 24.3 Å². The Kier molecular flexibility index (Phi) is 2.94. The topological polar surface area (TPSA) is 66.5 Å². The number of carbonyl (C=O) groups is 1. The van der Waals surface area contributed by atoms with Crippen molar-refractivity contribution in [3.63, 3.8) is 0 Å². The number of benzene rings is 2. The van der Waals surface area contributed by atoms with Crippen molar-refractivity contribution in [2.75, 3.05) is 16.2 Å². The van der Waals surface area contributed by atoms with E-state index in [1.54, 1.807) is 42.5 Å². The van der Waals surface area contributed by atoms with Crippen LogP contribution in [0, 0.1) is 0 Å². The van der Waals surface area contributed by atoms with Crippen LogP contribution in [-0.4, -0.2) is 20.9 Å². The largest absolute Gasteiger partial charge is 0.374 e. The molecule has 2 aromatic carbocycles. The van der Waals surface area contributed by atoms with Crippen LogP contribution in [0.15, 0.2) is 59.5 Å². The maximum Gasteiger partial charge on any atom is 0.271 e. The fourth-order valence-electron chi connectivity index (χ4n) is 2.14. The van der Waals surface area contributed by atoms with Crippen LogP contribution in [0.4, 0.5) is 11.4 Å². The van der Waals surface area contributed by atoms with Gasteiger partial charge in [-0.3, -0.25) is 4.79 Å². The van der Waals surface area contributed by atoms with Crippen molar-refractivity contribution >= 4 is 27.3 Å². The molecule has 6 heteroatoms. The Labute approximate surface area is 116 Å². The van der Waals surface area contributed by atoms with Crippen molar-refractivity contribution in [1.82, 2.24) is 0 Å². The number of rotatable bonds is 2. The molecule has 0 unspecified atom stereocenters. The van der Waals surface area contributed by atoms with Crippen molar-refractivity contribution in [2.24, 2.45) is 0 Å². The van der Waals surface area contributed by atoms with E-state index in [9.17, 15) is 13.2 Å². The van der Waals surface area contributed by atoms with Gasteiger partial charge < -0.3 is 5.32 Å². The summed E-state index contributed by atoms with van der Waals surface area (Å²) in [6.45, 7) is -0.0386. The Bertz CT molecular complexity index is 757. The van der Waals surface area contributed by atoms with Gasteiger partial charge in [-0.2, -0.15) is 4.31 Å². The van der Waals surface area contributed by atoms with E-state index in [2.05, 4.69) is 5.32 Å². The molecule has 0 saturated heterocycles. The van der Waals surface area contributed by atoms with E-state index >= 15 is 0 Å². The lowest BCUT2D eigenvalue weighted by molar-refractivity contribution is -0.116. The first-order valence-electron chi connectivity index (χ1n) is 6.07. The molecule has 0 saturated carbocycles. The second-order valence-corrected chi connectivity index (χ2v) is 6.13. The van der Waals surface area contributed by atoms with E-state index in [0.29, 0.717) is 11.4 Å². The van der Waals surface area contributed by atoms with E-state index < -0.39 is 15.9 Å². The lowest BCUT2D eigenvalue weighted by Gasteiger charge is -2.29. The third kappa shape index (κ3) is 1.94. The number of hydrogen-bond acceptors (Lipinski definition) is 4. The van der Waals surface area contributed by atoms with Crippen LogP contribution in [-0.2, 0) is 14.8 Å². The number of hydrogen-bond donors (Lipinski definition) is 1. The number of nitrogens with one attached hydrogen (secondary N) is 1. The number of sulfonamides is 1. The zero-order valence-electron chi connectivity index (χ0n) is 10.5. The molecule has 0 fully saturated rings. The molecule has 1 aliphatic heterocycles. The molecule has 102 valence electrons.